The van der Waals surface area contributed by atoms with Gasteiger partial charge < -0.3 is 9.80 Å². The molecular weight excluding hydrogens is 180 g/mol. The summed E-state index contributed by atoms with van der Waals surface area (Å²) in [7, 11) is -2.42. The zero-order chi connectivity index (χ0) is 9.35. The highest BCUT2D eigenvalue weighted by Gasteiger charge is 2.33. The van der Waals surface area contributed by atoms with E-state index in [2.05, 4.69) is 0 Å². The van der Waals surface area contributed by atoms with Gasteiger partial charge in [-0.15, -0.1) is 0 Å². The van der Waals surface area contributed by atoms with E-state index in [0.29, 0.717) is 6.54 Å². The molecule has 0 bridgehead atoms. The Balaban J connectivity index is 2.90. The van der Waals surface area contributed by atoms with E-state index < -0.39 is 15.6 Å². The fourth-order valence-electron chi connectivity index (χ4n) is 1.21. The van der Waals surface area contributed by atoms with Crippen LogP contribution in [-0.4, -0.2) is 41.9 Å². The first-order chi connectivity index (χ1) is 5.46. The summed E-state index contributed by atoms with van der Waals surface area (Å²) in [4.78, 5) is 2.98. The van der Waals surface area contributed by atoms with Gasteiger partial charge in [0.25, 0.3) is 0 Å². The lowest BCUT2D eigenvalue weighted by molar-refractivity contribution is 0.241. The largest absolute Gasteiger partial charge is 0.345 e. The third-order valence-corrected chi connectivity index (χ3v) is 2.89. The molecule has 0 spiro atoms. The number of hydrogen-bond donors (Lipinski definition) is 1. The predicted octanol–water partition coefficient (Wildman–Crippen LogP) is -0.104. The van der Waals surface area contributed by atoms with Crippen LogP contribution in [0.15, 0.2) is 12.4 Å². The van der Waals surface area contributed by atoms with Gasteiger partial charge in [-0.25, -0.2) is 0 Å². The minimum Gasteiger partial charge on any atom is -0.345 e. The van der Waals surface area contributed by atoms with Crippen LogP contribution >= 0.6 is 0 Å². The van der Waals surface area contributed by atoms with E-state index in [-0.39, 0.29) is 0 Å². The normalized spacial score (nSPS) is 23.8. The molecule has 0 aliphatic carbocycles. The van der Waals surface area contributed by atoms with E-state index in [1.807, 2.05) is 6.92 Å². The third kappa shape index (κ3) is 1.54. The van der Waals surface area contributed by atoms with E-state index in [4.69, 9.17) is 4.55 Å². The predicted molar refractivity (Wildman–Crippen MR) is 44.6 cm³/mol. The Morgan fingerprint density at radius 2 is 2.08 bits per heavy atom. The summed E-state index contributed by atoms with van der Waals surface area (Å²) in [5, 5.41) is 0. The SMILES string of the molecule is CCN1C=CN(C)C1S(=O)(=O)O. The third-order valence-electron chi connectivity index (χ3n) is 1.76. The van der Waals surface area contributed by atoms with E-state index in [0.717, 1.165) is 0 Å². The minimum atomic E-state index is -4.02. The van der Waals surface area contributed by atoms with Crippen molar-refractivity contribution in [3.05, 3.63) is 12.4 Å². The Bertz CT molecular complexity index is 285. The van der Waals surface area contributed by atoms with Crippen LogP contribution in [0.4, 0.5) is 0 Å². The maximum absolute atomic E-state index is 10.8. The van der Waals surface area contributed by atoms with Gasteiger partial charge in [0.15, 0.2) is 0 Å². The van der Waals surface area contributed by atoms with Crippen molar-refractivity contribution >= 4 is 10.1 Å². The molecule has 0 aromatic heterocycles. The second-order valence-corrected chi connectivity index (χ2v) is 4.09. The average molecular weight is 192 g/mol. The van der Waals surface area contributed by atoms with Crippen LogP contribution in [-0.2, 0) is 10.1 Å². The Hall–Kier alpha value is -0.750. The van der Waals surface area contributed by atoms with Gasteiger partial charge in [-0.2, -0.15) is 8.42 Å². The van der Waals surface area contributed by atoms with Gasteiger partial charge in [-0.3, -0.25) is 4.55 Å². The van der Waals surface area contributed by atoms with Crippen LogP contribution < -0.4 is 0 Å². The maximum Gasteiger partial charge on any atom is 0.306 e. The van der Waals surface area contributed by atoms with Gasteiger partial charge in [0.2, 0.25) is 5.50 Å². The van der Waals surface area contributed by atoms with Gasteiger partial charge >= 0.3 is 10.1 Å². The zero-order valence-corrected chi connectivity index (χ0v) is 7.82. The molecule has 1 atom stereocenters. The highest BCUT2D eigenvalue weighted by Crippen LogP contribution is 2.17. The molecule has 12 heavy (non-hydrogen) atoms. The Morgan fingerprint density at radius 3 is 2.42 bits per heavy atom. The topological polar surface area (TPSA) is 60.9 Å². The Kier molecular flexibility index (Phi) is 2.29. The molecule has 0 saturated heterocycles. The smallest absolute Gasteiger partial charge is 0.306 e. The fourth-order valence-corrected chi connectivity index (χ4v) is 2.27. The van der Waals surface area contributed by atoms with Crippen LogP contribution in [0.3, 0.4) is 0 Å². The molecular formula is C6H12N2O3S. The lowest BCUT2D eigenvalue weighted by atomic mass is 10.6. The van der Waals surface area contributed by atoms with Gasteiger partial charge in [-0.05, 0) is 6.92 Å². The number of nitrogens with zero attached hydrogens (tertiary/aromatic N) is 2. The first-order valence-corrected chi connectivity index (χ1v) is 5.09. The second-order valence-electron chi connectivity index (χ2n) is 2.64. The van der Waals surface area contributed by atoms with Crippen molar-refractivity contribution in [2.45, 2.75) is 12.4 Å². The van der Waals surface area contributed by atoms with Crippen molar-refractivity contribution in [1.29, 1.82) is 0 Å². The molecule has 0 amide bonds. The van der Waals surface area contributed by atoms with Crippen molar-refractivity contribution in [3.63, 3.8) is 0 Å². The Morgan fingerprint density at radius 1 is 1.50 bits per heavy atom. The van der Waals surface area contributed by atoms with Crippen molar-refractivity contribution in [2.24, 2.45) is 0 Å². The fraction of sp³-hybridized carbons (Fsp3) is 0.667. The van der Waals surface area contributed by atoms with E-state index >= 15 is 0 Å². The molecule has 1 aliphatic heterocycles. The molecule has 1 N–H and O–H groups in total. The first-order valence-electron chi connectivity index (χ1n) is 3.59. The molecule has 1 unspecified atom stereocenters. The van der Waals surface area contributed by atoms with Crippen molar-refractivity contribution in [3.8, 4) is 0 Å². The lowest BCUT2D eigenvalue weighted by Crippen LogP contribution is -2.42. The standard InChI is InChI=1S/C6H12N2O3S/c1-3-8-5-4-7(2)6(8)12(9,10)11/h4-6H,3H2,1-2H3,(H,9,10,11). The second kappa shape index (κ2) is 2.95. The van der Waals surface area contributed by atoms with Gasteiger partial charge in [0.05, 0.1) is 0 Å². The van der Waals surface area contributed by atoms with Gasteiger partial charge in [0, 0.05) is 26.0 Å². The molecule has 70 valence electrons. The molecule has 1 rings (SSSR count). The monoisotopic (exact) mass is 192 g/mol. The molecule has 0 aromatic rings. The number of rotatable bonds is 2. The van der Waals surface area contributed by atoms with Crippen LogP contribution in [0, 0.1) is 0 Å². The highest BCUT2D eigenvalue weighted by molar-refractivity contribution is 7.86. The molecule has 0 aromatic carbocycles. The summed E-state index contributed by atoms with van der Waals surface area (Å²) in [5.41, 5.74) is -0.956. The molecule has 0 fully saturated rings. The summed E-state index contributed by atoms with van der Waals surface area (Å²) in [6, 6.07) is 0. The van der Waals surface area contributed by atoms with Gasteiger partial charge in [-0.1, -0.05) is 0 Å². The molecule has 0 radical (unpaired) electrons. The summed E-state index contributed by atoms with van der Waals surface area (Å²) < 4.78 is 30.5. The Labute approximate surface area is 72.0 Å². The van der Waals surface area contributed by atoms with Gasteiger partial charge in [0.1, 0.15) is 0 Å². The maximum atomic E-state index is 10.8. The summed E-state index contributed by atoms with van der Waals surface area (Å²) in [6.07, 6.45) is 3.25. The first kappa shape index (κ1) is 9.34. The summed E-state index contributed by atoms with van der Waals surface area (Å²) >= 11 is 0. The molecule has 0 saturated carbocycles. The highest BCUT2D eigenvalue weighted by atomic mass is 32.2. The van der Waals surface area contributed by atoms with Crippen LogP contribution in [0.5, 0.6) is 0 Å². The van der Waals surface area contributed by atoms with Crippen LogP contribution in [0.1, 0.15) is 6.92 Å². The van der Waals surface area contributed by atoms with E-state index in [1.165, 1.54) is 9.80 Å². The van der Waals surface area contributed by atoms with E-state index in [1.54, 1.807) is 19.4 Å². The van der Waals surface area contributed by atoms with Crippen LogP contribution in [0.25, 0.3) is 0 Å². The van der Waals surface area contributed by atoms with Crippen molar-refractivity contribution < 1.29 is 13.0 Å². The number of hydrogen-bond acceptors (Lipinski definition) is 4. The lowest BCUT2D eigenvalue weighted by Gasteiger charge is -2.26. The van der Waals surface area contributed by atoms with E-state index in [9.17, 15) is 8.42 Å². The summed E-state index contributed by atoms with van der Waals surface area (Å²) in [5.74, 6) is 0. The molecule has 5 nitrogen and oxygen atoms in total. The van der Waals surface area contributed by atoms with Crippen molar-refractivity contribution in [1.82, 2.24) is 9.80 Å². The summed E-state index contributed by atoms with van der Waals surface area (Å²) in [6.45, 7) is 2.37. The van der Waals surface area contributed by atoms with Crippen LogP contribution in [0.2, 0.25) is 0 Å². The minimum absolute atomic E-state index is 0.547. The van der Waals surface area contributed by atoms with Crippen molar-refractivity contribution in [2.75, 3.05) is 13.6 Å². The quantitative estimate of drug-likeness (QED) is 0.619. The molecule has 1 heterocycles. The molecule has 1 aliphatic rings. The zero-order valence-electron chi connectivity index (χ0n) is 7.01. The average Bonchev–Trinajstić information content (AvgIpc) is 2.29. The molecule has 6 heteroatoms.